The summed E-state index contributed by atoms with van der Waals surface area (Å²) in [5, 5.41) is 4.61. The topological polar surface area (TPSA) is 63.9 Å². The number of rotatable bonds is 3. The Hall–Kier alpha value is -3.02. The lowest BCUT2D eigenvalue weighted by atomic mass is 10.1. The first-order valence-electron chi connectivity index (χ1n) is 8.41. The highest BCUT2D eigenvalue weighted by molar-refractivity contribution is 5.79. The maximum atomic E-state index is 12.7. The molecular formula is C19H19N5O. The SMILES string of the molecule is C[C@H]1c2nc(-c3ccccc3)nn2CCN1C(=O)Cc1cccnc1. The molecule has 0 saturated carbocycles. The Labute approximate surface area is 146 Å². The van der Waals surface area contributed by atoms with Crippen molar-refractivity contribution in [2.24, 2.45) is 0 Å². The normalized spacial score (nSPS) is 16.5. The van der Waals surface area contributed by atoms with E-state index in [1.165, 1.54) is 0 Å². The van der Waals surface area contributed by atoms with Crippen LogP contribution < -0.4 is 0 Å². The summed E-state index contributed by atoms with van der Waals surface area (Å²) in [6.07, 6.45) is 3.81. The van der Waals surface area contributed by atoms with Gasteiger partial charge in [-0.15, -0.1) is 0 Å². The number of aromatic nitrogens is 4. The minimum absolute atomic E-state index is 0.0935. The van der Waals surface area contributed by atoms with Gasteiger partial charge >= 0.3 is 0 Å². The number of benzene rings is 1. The van der Waals surface area contributed by atoms with Crippen LogP contribution in [0.1, 0.15) is 24.4 Å². The van der Waals surface area contributed by atoms with Gasteiger partial charge < -0.3 is 4.90 Å². The van der Waals surface area contributed by atoms with Gasteiger partial charge in [0, 0.05) is 24.5 Å². The van der Waals surface area contributed by atoms with Gasteiger partial charge in [0.2, 0.25) is 5.91 Å². The van der Waals surface area contributed by atoms with E-state index in [0.29, 0.717) is 25.3 Å². The van der Waals surface area contributed by atoms with E-state index in [2.05, 4.69) is 15.1 Å². The predicted molar refractivity (Wildman–Crippen MR) is 93.5 cm³/mol. The molecule has 0 aliphatic carbocycles. The molecule has 3 heterocycles. The third-order valence-corrected chi connectivity index (χ3v) is 4.52. The second-order valence-corrected chi connectivity index (χ2v) is 6.18. The lowest BCUT2D eigenvalue weighted by molar-refractivity contribution is -0.133. The molecule has 1 aliphatic heterocycles. The summed E-state index contributed by atoms with van der Waals surface area (Å²) in [4.78, 5) is 23.4. The van der Waals surface area contributed by atoms with Gasteiger partial charge in [-0.1, -0.05) is 36.4 Å². The number of nitrogens with zero attached hydrogens (tertiary/aromatic N) is 5. The molecule has 0 N–H and O–H groups in total. The molecule has 4 rings (SSSR count). The predicted octanol–water partition coefficient (Wildman–Crippen LogP) is 2.49. The van der Waals surface area contributed by atoms with Crippen molar-refractivity contribution in [2.45, 2.75) is 25.9 Å². The highest BCUT2D eigenvalue weighted by Gasteiger charge is 2.30. The quantitative estimate of drug-likeness (QED) is 0.739. The molecule has 2 aromatic heterocycles. The molecule has 0 spiro atoms. The Balaban J connectivity index is 1.56. The molecular weight excluding hydrogens is 314 g/mol. The first-order chi connectivity index (χ1) is 12.2. The Morgan fingerprint density at radius 2 is 2.00 bits per heavy atom. The van der Waals surface area contributed by atoms with Gasteiger partial charge in [-0.05, 0) is 18.6 Å². The molecule has 0 bridgehead atoms. The van der Waals surface area contributed by atoms with E-state index >= 15 is 0 Å². The van der Waals surface area contributed by atoms with Crippen LogP contribution in [0.5, 0.6) is 0 Å². The fraction of sp³-hybridized carbons (Fsp3) is 0.263. The Bertz CT molecular complexity index is 875. The van der Waals surface area contributed by atoms with Crippen LogP contribution in [0, 0.1) is 0 Å². The highest BCUT2D eigenvalue weighted by Crippen LogP contribution is 2.26. The van der Waals surface area contributed by atoms with Gasteiger partial charge in [0.05, 0.1) is 19.0 Å². The van der Waals surface area contributed by atoms with Gasteiger partial charge in [0.25, 0.3) is 0 Å². The van der Waals surface area contributed by atoms with E-state index in [9.17, 15) is 4.79 Å². The number of pyridine rings is 1. The van der Waals surface area contributed by atoms with E-state index in [-0.39, 0.29) is 11.9 Å². The summed E-state index contributed by atoms with van der Waals surface area (Å²) < 4.78 is 1.92. The summed E-state index contributed by atoms with van der Waals surface area (Å²) in [5.74, 6) is 1.64. The number of hydrogen-bond donors (Lipinski definition) is 0. The molecule has 6 heteroatoms. The molecule has 0 radical (unpaired) electrons. The minimum atomic E-state index is -0.0946. The van der Waals surface area contributed by atoms with Crippen molar-refractivity contribution in [3.63, 3.8) is 0 Å². The number of hydrogen-bond acceptors (Lipinski definition) is 4. The van der Waals surface area contributed by atoms with Crippen molar-refractivity contribution in [1.82, 2.24) is 24.6 Å². The monoisotopic (exact) mass is 333 g/mol. The van der Waals surface area contributed by atoms with E-state index in [1.807, 2.05) is 59.0 Å². The van der Waals surface area contributed by atoms with Gasteiger partial charge in [0.1, 0.15) is 5.82 Å². The van der Waals surface area contributed by atoms with Gasteiger partial charge in [0.15, 0.2) is 5.82 Å². The van der Waals surface area contributed by atoms with Crippen LogP contribution >= 0.6 is 0 Å². The van der Waals surface area contributed by atoms with Gasteiger partial charge in [-0.2, -0.15) is 5.10 Å². The molecule has 1 amide bonds. The molecule has 1 aliphatic rings. The van der Waals surface area contributed by atoms with Crippen LogP contribution in [0.25, 0.3) is 11.4 Å². The first kappa shape index (κ1) is 15.5. The van der Waals surface area contributed by atoms with Crippen LogP contribution in [0.3, 0.4) is 0 Å². The molecule has 0 fully saturated rings. The van der Waals surface area contributed by atoms with E-state index in [4.69, 9.17) is 0 Å². The van der Waals surface area contributed by atoms with Crippen molar-refractivity contribution >= 4 is 5.91 Å². The standard InChI is InChI=1S/C19H19N5O/c1-14-19-21-18(16-7-3-2-4-8-16)22-24(19)11-10-23(14)17(25)12-15-6-5-9-20-13-15/h2-9,13-14H,10-12H2,1H3/t14-/m0/s1. The summed E-state index contributed by atoms with van der Waals surface area (Å²) >= 11 is 0. The molecule has 3 aromatic rings. The maximum absolute atomic E-state index is 12.7. The van der Waals surface area contributed by atoms with Crippen LogP contribution in [-0.2, 0) is 17.8 Å². The minimum Gasteiger partial charge on any atom is -0.331 e. The fourth-order valence-electron chi connectivity index (χ4n) is 3.19. The Morgan fingerprint density at radius 1 is 1.16 bits per heavy atom. The summed E-state index contributed by atoms with van der Waals surface area (Å²) in [5.41, 5.74) is 1.92. The van der Waals surface area contributed by atoms with Crippen LogP contribution in [0.4, 0.5) is 0 Å². The second-order valence-electron chi connectivity index (χ2n) is 6.18. The van der Waals surface area contributed by atoms with Crippen LogP contribution in [-0.4, -0.2) is 37.1 Å². The van der Waals surface area contributed by atoms with Gasteiger partial charge in [-0.3, -0.25) is 9.78 Å². The number of fused-ring (bicyclic) bond motifs is 1. The Kier molecular flexibility index (Phi) is 4.01. The fourth-order valence-corrected chi connectivity index (χ4v) is 3.19. The summed E-state index contributed by atoms with van der Waals surface area (Å²) in [7, 11) is 0. The lowest BCUT2D eigenvalue weighted by Crippen LogP contribution is -2.42. The zero-order chi connectivity index (χ0) is 17.2. The van der Waals surface area contributed by atoms with E-state index in [1.54, 1.807) is 12.4 Å². The van der Waals surface area contributed by atoms with E-state index < -0.39 is 0 Å². The highest BCUT2D eigenvalue weighted by atomic mass is 16.2. The third-order valence-electron chi connectivity index (χ3n) is 4.52. The summed E-state index contributed by atoms with van der Waals surface area (Å²) in [6.45, 7) is 3.32. The molecule has 1 atom stereocenters. The van der Waals surface area contributed by atoms with Crippen molar-refractivity contribution in [3.8, 4) is 11.4 Å². The zero-order valence-corrected chi connectivity index (χ0v) is 14.0. The number of carbonyl (C=O) groups is 1. The second kappa shape index (κ2) is 6.47. The molecule has 0 unspecified atom stereocenters. The zero-order valence-electron chi connectivity index (χ0n) is 14.0. The van der Waals surface area contributed by atoms with Crippen molar-refractivity contribution in [3.05, 3.63) is 66.2 Å². The smallest absolute Gasteiger partial charge is 0.227 e. The average molecular weight is 333 g/mol. The van der Waals surface area contributed by atoms with E-state index in [0.717, 1.165) is 17.0 Å². The number of amides is 1. The van der Waals surface area contributed by atoms with Crippen LogP contribution in [0.2, 0.25) is 0 Å². The molecule has 126 valence electrons. The molecule has 25 heavy (non-hydrogen) atoms. The number of carbonyl (C=O) groups excluding carboxylic acids is 1. The van der Waals surface area contributed by atoms with Gasteiger partial charge in [-0.25, -0.2) is 9.67 Å². The molecule has 0 saturated heterocycles. The Morgan fingerprint density at radius 3 is 2.76 bits per heavy atom. The average Bonchev–Trinajstić information content (AvgIpc) is 3.09. The van der Waals surface area contributed by atoms with Crippen molar-refractivity contribution < 1.29 is 4.79 Å². The maximum Gasteiger partial charge on any atom is 0.227 e. The largest absolute Gasteiger partial charge is 0.331 e. The molecule has 1 aromatic carbocycles. The van der Waals surface area contributed by atoms with Crippen molar-refractivity contribution in [2.75, 3.05) is 6.54 Å². The third kappa shape index (κ3) is 3.03. The molecule has 6 nitrogen and oxygen atoms in total. The first-order valence-corrected chi connectivity index (χ1v) is 8.41. The lowest BCUT2D eigenvalue weighted by Gasteiger charge is -2.33. The van der Waals surface area contributed by atoms with Crippen LogP contribution in [0.15, 0.2) is 54.9 Å². The van der Waals surface area contributed by atoms with Crippen molar-refractivity contribution in [1.29, 1.82) is 0 Å². The summed E-state index contributed by atoms with van der Waals surface area (Å²) in [6, 6.07) is 13.6.